The average molecular weight is 465 g/mol. The second kappa shape index (κ2) is 12.1. The van der Waals surface area contributed by atoms with Gasteiger partial charge in [-0.2, -0.15) is 0 Å². The first-order valence-electron chi connectivity index (χ1n) is 13.8. The van der Waals surface area contributed by atoms with Crippen LogP contribution in [0.4, 0.5) is 8.78 Å². The molecule has 4 rings (SSSR count). The summed E-state index contributed by atoms with van der Waals surface area (Å²) in [5.74, 6) is 1.92. The van der Waals surface area contributed by atoms with Crippen molar-refractivity contribution in [1.29, 1.82) is 0 Å². The lowest BCUT2D eigenvalue weighted by Crippen LogP contribution is -2.30. The summed E-state index contributed by atoms with van der Waals surface area (Å²) < 4.78 is 30.3. The highest BCUT2D eigenvalue weighted by molar-refractivity contribution is 5.65. The minimum absolute atomic E-state index is 0.108. The Bertz CT molecular complexity index is 906. The fraction of sp³-hybridized carbons (Fsp3) is 0.562. The van der Waals surface area contributed by atoms with Gasteiger partial charge in [-0.05, 0) is 97.4 Å². The molecule has 2 aromatic carbocycles. The van der Waals surface area contributed by atoms with E-state index in [1.807, 2.05) is 30.3 Å². The van der Waals surface area contributed by atoms with Gasteiger partial charge < -0.3 is 0 Å². The van der Waals surface area contributed by atoms with Crippen LogP contribution in [-0.2, 0) is 6.42 Å². The molecule has 4 atom stereocenters. The van der Waals surface area contributed by atoms with Gasteiger partial charge in [-0.15, -0.1) is 6.58 Å². The zero-order chi connectivity index (χ0) is 23.9. The van der Waals surface area contributed by atoms with Crippen molar-refractivity contribution < 1.29 is 8.78 Å². The Morgan fingerprint density at radius 2 is 1.59 bits per heavy atom. The molecule has 0 aromatic heterocycles. The Morgan fingerprint density at radius 3 is 2.29 bits per heavy atom. The van der Waals surface area contributed by atoms with Crippen LogP contribution in [0.3, 0.4) is 0 Å². The molecule has 0 spiro atoms. The maximum atomic E-state index is 15.2. The van der Waals surface area contributed by atoms with Crippen LogP contribution < -0.4 is 0 Å². The molecule has 0 N–H and O–H groups in total. The number of fused-ring (bicyclic) bond motifs is 1. The average Bonchev–Trinajstić information content (AvgIpc) is 2.85. The Balaban J connectivity index is 1.38. The van der Waals surface area contributed by atoms with Crippen molar-refractivity contribution in [3.05, 3.63) is 71.8 Å². The largest absolute Gasteiger partial charge is 0.206 e. The van der Waals surface area contributed by atoms with Gasteiger partial charge in [0.25, 0.3) is 0 Å². The second-order valence-corrected chi connectivity index (χ2v) is 10.9. The summed E-state index contributed by atoms with van der Waals surface area (Å²) in [6.45, 7) is 6.03. The Morgan fingerprint density at radius 1 is 0.882 bits per heavy atom. The van der Waals surface area contributed by atoms with E-state index in [2.05, 4.69) is 13.5 Å². The fourth-order valence-electron chi connectivity index (χ4n) is 6.62. The van der Waals surface area contributed by atoms with Crippen LogP contribution in [0.5, 0.6) is 0 Å². The van der Waals surface area contributed by atoms with Gasteiger partial charge in [0.2, 0.25) is 0 Å². The number of unbranched alkanes of at least 4 members (excludes halogenated alkanes) is 3. The topological polar surface area (TPSA) is 0 Å². The van der Waals surface area contributed by atoms with Crippen LogP contribution >= 0.6 is 0 Å². The molecule has 184 valence electrons. The molecule has 2 heteroatoms. The molecule has 0 saturated heterocycles. The third-order valence-corrected chi connectivity index (χ3v) is 8.60. The van der Waals surface area contributed by atoms with Gasteiger partial charge in [0.05, 0.1) is 5.56 Å². The van der Waals surface area contributed by atoms with E-state index in [9.17, 15) is 0 Å². The van der Waals surface area contributed by atoms with Crippen LogP contribution in [0.15, 0.2) is 49.1 Å². The summed E-state index contributed by atoms with van der Waals surface area (Å²) in [5, 5.41) is 0. The van der Waals surface area contributed by atoms with E-state index in [4.69, 9.17) is 0 Å². The highest BCUT2D eigenvalue weighted by Crippen LogP contribution is 2.49. The van der Waals surface area contributed by atoms with E-state index < -0.39 is 11.6 Å². The lowest BCUT2D eigenvalue weighted by atomic mass is 9.63. The fourth-order valence-corrected chi connectivity index (χ4v) is 6.62. The molecule has 2 aliphatic carbocycles. The summed E-state index contributed by atoms with van der Waals surface area (Å²) >= 11 is 0. The first-order chi connectivity index (χ1) is 16.6. The molecule has 2 saturated carbocycles. The SMILES string of the molecule is C=CCCc1ccc(-c2c(F)cc(C3CCC4CC(CCCCCC)CCC4C3)cc2F)cc1. The second-order valence-electron chi connectivity index (χ2n) is 10.9. The molecule has 2 fully saturated rings. The van der Waals surface area contributed by atoms with E-state index in [1.54, 1.807) is 12.1 Å². The first-order valence-corrected chi connectivity index (χ1v) is 13.8. The number of halogens is 2. The Hall–Kier alpha value is -1.96. The van der Waals surface area contributed by atoms with Gasteiger partial charge in [-0.25, -0.2) is 8.78 Å². The van der Waals surface area contributed by atoms with Crippen molar-refractivity contribution in [1.82, 2.24) is 0 Å². The monoisotopic (exact) mass is 464 g/mol. The number of hydrogen-bond acceptors (Lipinski definition) is 0. The number of allylic oxidation sites excluding steroid dienone is 1. The van der Waals surface area contributed by atoms with Crippen molar-refractivity contribution in [2.45, 2.75) is 96.3 Å². The molecule has 0 bridgehead atoms. The maximum absolute atomic E-state index is 15.2. The number of hydrogen-bond donors (Lipinski definition) is 0. The van der Waals surface area contributed by atoms with Crippen molar-refractivity contribution >= 4 is 0 Å². The Kier molecular flexibility index (Phi) is 8.98. The maximum Gasteiger partial charge on any atom is 0.134 e. The van der Waals surface area contributed by atoms with Gasteiger partial charge in [-0.3, -0.25) is 0 Å². The highest BCUT2D eigenvalue weighted by atomic mass is 19.1. The van der Waals surface area contributed by atoms with Crippen molar-refractivity contribution in [2.75, 3.05) is 0 Å². The molecule has 34 heavy (non-hydrogen) atoms. The van der Waals surface area contributed by atoms with E-state index >= 15 is 8.78 Å². The number of benzene rings is 2. The summed E-state index contributed by atoms with van der Waals surface area (Å²) in [5.41, 5.74) is 2.75. The van der Waals surface area contributed by atoms with Gasteiger partial charge in [-0.1, -0.05) is 75.8 Å². The molecule has 4 unspecified atom stereocenters. The lowest BCUT2D eigenvalue weighted by Gasteiger charge is -2.42. The van der Waals surface area contributed by atoms with E-state index in [1.165, 1.54) is 57.8 Å². The predicted molar refractivity (Wildman–Crippen MR) is 140 cm³/mol. The molecule has 0 heterocycles. The summed E-state index contributed by atoms with van der Waals surface area (Å²) in [7, 11) is 0. The van der Waals surface area contributed by atoms with E-state index in [-0.39, 0.29) is 5.56 Å². The van der Waals surface area contributed by atoms with Crippen molar-refractivity contribution in [3.63, 3.8) is 0 Å². The van der Waals surface area contributed by atoms with Crippen LogP contribution in [0.1, 0.15) is 101 Å². The minimum atomic E-state index is -0.424. The smallest absolute Gasteiger partial charge is 0.134 e. The molecular weight excluding hydrogens is 422 g/mol. The van der Waals surface area contributed by atoms with Crippen LogP contribution in [0, 0.1) is 29.4 Å². The molecule has 0 nitrogen and oxygen atoms in total. The third-order valence-electron chi connectivity index (χ3n) is 8.60. The van der Waals surface area contributed by atoms with Gasteiger partial charge >= 0.3 is 0 Å². The van der Waals surface area contributed by atoms with Crippen molar-refractivity contribution in [2.24, 2.45) is 17.8 Å². The normalized spacial score (nSPS) is 24.6. The highest BCUT2D eigenvalue weighted by Gasteiger charge is 2.36. The van der Waals surface area contributed by atoms with Crippen LogP contribution in [0.25, 0.3) is 11.1 Å². The zero-order valence-corrected chi connectivity index (χ0v) is 21.0. The number of aryl methyl sites for hydroxylation is 1. The molecular formula is C32H42F2. The first kappa shape index (κ1) is 25.1. The summed E-state index contributed by atoms with van der Waals surface area (Å²) in [6.07, 6.45) is 18.0. The molecule has 0 radical (unpaired) electrons. The van der Waals surface area contributed by atoms with Gasteiger partial charge in [0.15, 0.2) is 0 Å². The summed E-state index contributed by atoms with van der Waals surface area (Å²) in [6, 6.07) is 10.8. The molecule has 0 amide bonds. The van der Waals surface area contributed by atoms with Crippen LogP contribution in [-0.4, -0.2) is 0 Å². The minimum Gasteiger partial charge on any atom is -0.206 e. The number of rotatable bonds is 10. The molecule has 2 aromatic rings. The standard InChI is InChI=1S/C32H42F2/c1-3-5-7-8-10-24-13-16-27-20-28(18-17-26(27)19-24)29-21-30(33)32(31(34)22-29)25-14-11-23(12-15-25)9-6-4-2/h4,11-12,14-15,21-22,24,26-28H,2-3,5-10,13,16-20H2,1H3. The quantitative estimate of drug-likeness (QED) is 0.242. The van der Waals surface area contributed by atoms with Crippen molar-refractivity contribution in [3.8, 4) is 11.1 Å². The van der Waals surface area contributed by atoms with E-state index in [0.717, 1.165) is 54.6 Å². The van der Waals surface area contributed by atoms with Gasteiger partial charge in [0, 0.05) is 0 Å². The summed E-state index contributed by atoms with van der Waals surface area (Å²) in [4.78, 5) is 0. The predicted octanol–water partition coefficient (Wildman–Crippen LogP) is 10.0. The van der Waals surface area contributed by atoms with Crippen LogP contribution in [0.2, 0.25) is 0 Å². The Labute approximate surface area is 205 Å². The molecule has 2 aliphatic rings. The van der Waals surface area contributed by atoms with E-state index in [0.29, 0.717) is 11.5 Å². The van der Waals surface area contributed by atoms with Gasteiger partial charge in [0.1, 0.15) is 11.6 Å². The lowest BCUT2D eigenvalue weighted by molar-refractivity contribution is 0.113. The molecule has 0 aliphatic heterocycles. The zero-order valence-electron chi connectivity index (χ0n) is 21.0. The third kappa shape index (κ3) is 6.18.